The molecule has 186 valence electrons. The number of benzene rings is 3. The highest BCUT2D eigenvalue weighted by Gasteiger charge is 2.36. The molecule has 0 saturated heterocycles. The van der Waals surface area contributed by atoms with Gasteiger partial charge in [-0.15, -0.1) is 0 Å². The number of rotatable bonds is 6. The fourth-order valence-corrected chi connectivity index (χ4v) is 5.69. The van der Waals surface area contributed by atoms with Crippen LogP contribution in [0.2, 0.25) is 0 Å². The maximum absolute atomic E-state index is 13.8. The molecule has 3 aromatic rings. The molecule has 0 unspecified atom stereocenters. The molecule has 1 heterocycles. The van der Waals surface area contributed by atoms with Gasteiger partial charge in [-0.3, -0.25) is 4.79 Å². The lowest BCUT2D eigenvalue weighted by molar-refractivity contribution is -0.116. The largest absolute Gasteiger partial charge is 0.497 e. The summed E-state index contributed by atoms with van der Waals surface area (Å²) in [6, 6.07) is 19.7. The van der Waals surface area contributed by atoms with Crippen molar-refractivity contribution < 1.29 is 19.0 Å². The standard InChI is InChI=1S/C29H29BrN2O4/c1-4-36-26-16-19(13-21(30)29(26)35-3)28-27-24(31-22-7-5-6-8-23(22)32-28)14-18(15-25(27)33)17-9-11-20(34-2)12-10-17/h5-13,16,18,28,31-32H,4,14-15H2,1-3H3/t18-,28+/m0/s1. The van der Waals surface area contributed by atoms with Crippen LogP contribution in [0.5, 0.6) is 17.2 Å². The van der Waals surface area contributed by atoms with Crippen LogP contribution in [-0.4, -0.2) is 26.6 Å². The molecule has 5 rings (SSSR count). The lowest BCUT2D eigenvalue weighted by Gasteiger charge is -2.30. The van der Waals surface area contributed by atoms with Crippen molar-refractivity contribution in [2.75, 3.05) is 31.5 Å². The summed E-state index contributed by atoms with van der Waals surface area (Å²) in [5, 5.41) is 7.23. The Bertz CT molecular complexity index is 1320. The number of anilines is 2. The number of Topliss-reactive ketones (excluding diaryl/α,β-unsaturated/α-hetero) is 1. The van der Waals surface area contributed by atoms with Crippen molar-refractivity contribution in [3.8, 4) is 17.2 Å². The molecule has 0 radical (unpaired) electrons. The van der Waals surface area contributed by atoms with Crippen LogP contribution in [0.15, 0.2) is 76.4 Å². The van der Waals surface area contributed by atoms with Crippen LogP contribution >= 0.6 is 15.9 Å². The highest BCUT2D eigenvalue weighted by molar-refractivity contribution is 9.10. The number of carbonyl (C=O) groups is 1. The fraction of sp³-hybridized carbons (Fsp3) is 0.276. The van der Waals surface area contributed by atoms with Gasteiger partial charge in [-0.2, -0.15) is 0 Å². The lowest BCUT2D eigenvalue weighted by atomic mass is 9.78. The van der Waals surface area contributed by atoms with Gasteiger partial charge in [0.15, 0.2) is 17.3 Å². The Morgan fingerprint density at radius 3 is 2.39 bits per heavy atom. The quantitative estimate of drug-likeness (QED) is 0.351. The molecular weight excluding hydrogens is 520 g/mol. The van der Waals surface area contributed by atoms with Crippen molar-refractivity contribution in [2.24, 2.45) is 0 Å². The van der Waals surface area contributed by atoms with E-state index < -0.39 is 0 Å². The van der Waals surface area contributed by atoms with E-state index in [1.807, 2.05) is 55.5 Å². The monoisotopic (exact) mass is 548 g/mol. The number of para-hydroxylation sites is 2. The van der Waals surface area contributed by atoms with Gasteiger partial charge in [0.05, 0.1) is 42.7 Å². The number of hydrogen-bond acceptors (Lipinski definition) is 6. The van der Waals surface area contributed by atoms with Crippen molar-refractivity contribution in [3.63, 3.8) is 0 Å². The van der Waals surface area contributed by atoms with Crippen molar-refractivity contribution in [3.05, 3.63) is 87.5 Å². The van der Waals surface area contributed by atoms with Crippen LogP contribution in [0.4, 0.5) is 11.4 Å². The van der Waals surface area contributed by atoms with Gasteiger partial charge < -0.3 is 24.8 Å². The molecule has 0 fully saturated rings. The minimum absolute atomic E-state index is 0.0853. The van der Waals surface area contributed by atoms with Crippen LogP contribution in [0.25, 0.3) is 0 Å². The molecule has 3 aromatic carbocycles. The first-order chi connectivity index (χ1) is 17.5. The Morgan fingerprint density at radius 1 is 0.944 bits per heavy atom. The van der Waals surface area contributed by atoms with Gasteiger partial charge in [-0.05, 0) is 82.7 Å². The molecule has 6 nitrogen and oxygen atoms in total. The lowest BCUT2D eigenvalue weighted by Crippen LogP contribution is -2.27. The van der Waals surface area contributed by atoms with E-state index in [2.05, 4.69) is 38.7 Å². The smallest absolute Gasteiger partial charge is 0.174 e. The van der Waals surface area contributed by atoms with Gasteiger partial charge in [0.1, 0.15) is 5.75 Å². The Hall–Kier alpha value is -3.45. The molecule has 0 aromatic heterocycles. The summed E-state index contributed by atoms with van der Waals surface area (Å²) < 4.78 is 17.5. The number of carbonyl (C=O) groups excluding carboxylic acids is 1. The van der Waals surface area contributed by atoms with Gasteiger partial charge in [0.25, 0.3) is 0 Å². The van der Waals surface area contributed by atoms with Gasteiger partial charge in [0, 0.05) is 17.7 Å². The zero-order chi connectivity index (χ0) is 25.2. The Kier molecular flexibility index (Phi) is 6.92. The van der Waals surface area contributed by atoms with Crippen LogP contribution in [0, 0.1) is 0 Å². The zero-order valence-electron chi connectivity index (χ0n) is 20.6. The average molecular weight is 549 g/mol. The Labute approximate surface area is 219 Å². The van der Waals surface area contributed by atoms with E-state index in [9.17, 15) is 4.79 Å². The molecular formula is C29H29BrN2O4. The summed E-state index contributed by atoms with van der Waals surface area (Å²) in [6.45, 7) is 2.44. The fourth-order valence-electron chi connectivity index (χ4n) is 5.07. The van der Waals surface area contributed by atoms with Crippen molar-refractivity contribution in [2.45, 2.75) is 31.7 Å². The molecule has 36 heavy (non-hydrogen) atoms. The minimum atomic E-state index is -0.345. The summed E-state index contributed by atoms with van der Waals surface area (Å²) >= 11 is 3.64. The third-order valence-electron chi connectivity index (χ3n) is 6.77. The van der Waals surface area contributed by atoms with Gasteiger partial charge in [-0.1, -0.05) is 24.3 Å². The molecule has 0 amide bonds. The normalized spacial score (nSPS) is 18.8. The number of allylic oxidation sites excluding steroid dienone is 1. The van der Waals surface area contributed by atoms with E-state index in [4.69, 9.17) is 14.2 Å². The molecule has 2 aliphatic rings. The first-order valence-corrected chi connectivity index (χ1v) is 12.8. The third kappa shape index (κ3) is 4.55. The molecule has 0 saturated carbocycles. The number of fused-ring (bicyclic) bond motifs is 1. The Morgan fingerprint density at radius 2 is 1.69 bits per heavy atom. The predicted molar refractivity (Wildman–Crippen MR) is 145 cm³/mol. The third-order valence-corrected chi connectivity index (χ3v) is 7.35. The highest BCUT2D eigenvalue weighted by Crippen LogP contribution is 2.46. The van der Waals surface area contributed by atoms with E-state index in [0.29, 0.717) is 24.5 Å². The SMILES string of the molecule is CCOc1cc([C@H]2Nc3ccccc3NC3=C2C(=O)C[C@@H](c2ccc(OC)cc2)C3)cc(Br)c1OC. The van der Waals surface area contributed by atoms with Crippen LogP contribution < -0.4 is 24.8 Å². The topological polar surface area (TPSA) is 68.8 Å². The molecule has 1 aliphatic heterocycles. The number of ketones is 1. The summed E-state index contributed by atoms with van der Waals surface area (Å²) in [7, 11) is 3.28. The summed E-state index contributed by atoms with van der Waals surface area (Å²) in [5.41, 5.74) is 5.65. The average Bonchev–Trinajstić information content (AvgIpc) is 3.06. The van der Waals surface area contributed by atoms with Gasteiger partial charge in [-0.25, -0.2) is 0 Å². The second-order valence-electron chi connectivity index (χ2n) is 8.91. The van der Waals surface area contributed by atoms with Crippen LogP contribution in [0.1, 0.15) is 42.9 Å². The molecule has 0 spiro atoms. The number of halogens is 1. The summed E-state index contributed by atoms with van der Waals surface area (Å²) in [5.74, 6) is 2.29. The molecule has 1 aliphatic carbocycles. The van der Waals surface area contributed by atoms with E-state index in [-0.39, 0.29) is 17.7 Å². The van der Waals surface area contributed by atoms with Gasteiger partial charge >= 0.3 is 0 Å². The second kappa shape index (κ2) is 10.3. The minimum Gasteiger partial charge on any atom is -0.497 e. The number of ether oxygens (including phenoxy) is 3. The maximum Gasteiger partial charge on any atom is 0.174 e. The van der Waals surface area contributed by atoms with Crippen molar-refractivity contribution in [1.29, 1.82) is 0 Å². The molecule has 0 bridgehead atoms. The molecule has 2 N–H and O–H groups in total. The Balaban J connectivity index is 1.61. The van der Waals surface area contributed by atoms with Crippen molar-refractivity contribution in [1.82, 2.24) is 0 Å². The van der Waals surface area contributed by atoms with Gasteiger partial charge in [0.2, 0.25) is 0 Å². The van der Waals surface area contributed by atoms with E-state index in [1.54, 1.807) is 14.2 Å². The second-order valence-corrected chi connectivity index (χ2v) is 9.76. The highest BCUT2D eigenvalue weighted by atomic mass is 79.9. The summed E-state index contributed by atoms with van der Waals surface area (Å²) in [6.07, 6.45) is 1.17. The number of nitrogens with one attached hydrogen (secondary N) is 2. The zero-order valence-corrected chi connectivity index (χ0v) is 22.1. The number of methoxy groups -OCH3 is 2. The summed E-state index contributed by atoms with van der Waals surface area (Å²) in [4.78, 5) is 13.8. The van der Waals surface area contributed by atoms with Crippen molar-refractivity contribution >= 4 is 33.1 Å². The van der Waals surface area contributed by atoms with Crippen LogP contribution in [0.3, 0.4) is 0 Å². The predicted octanol–water partition coefficient (Wildman–Crippen LogP) is 6.84. The van der Waals surface area contributed by atoms with E-state index in [0.717, 1.165) is 50.4 Å². The van der Waals surface area contributed by atoms with E-state index in [1.165, 1.54) is 0 Å². The first kappa shape index (κ1) is 24.3. The van der Waals surface area contributed by atoms with Crippen LogP contribution in [-0.2, 0) is 4.79 Å². The molecule has 7 heteroatoms. The van der Waals surface area contributed by atoms with E-state index >= 15 is 0 Å². The maximum atomic E-state index is 13.8. The molecule has 2 atom stereocenters. The number of hydrogen-bond donors (Lipinski definition) is 2. The first-order valence-electron chi connectivity index (χ1n) is 12.0.